The van der Waals surface area contributed by atoms with Gasteiger partial charge in [-0.05, 0) is 25.1 Å². The summed E-state index contributed by atoms with van der Waals surface area (Å²) in [5.74, 6) is 4.32. The summed E-state index contributed by atoms with van der Waals surface area (Å²) in [5, 5.41) is 0. The smallest absolute Gasteiger partial charge is 0.417 e. The number of halogens is 3. The van der Waals surface area contributed by atoms with Crippen LogP contribution in [0.25, 0.3) is 11.3 Å². The van der Waals surface area contributed by atoms with Gasteiger partial charge < -0.3 is 4.74 Å². The highest BCUT2D eigenvalue weighted by atomic mass is 19.4. The lowest BCUT2D eigenvalue weighted by Crippen LogP contribution is -2.30. The predicted molar refractivity (Wildman–Crippen MR) is 75.3 cm³/mol. The summed E-state index contributed by atoms with van der Waals surface area (Å²) in [6, 6.07) is 3.50. The van der Waals surface area contributed by atoms with E-state index in [1.165, 1.54) is 12.1 Å². The van der Waals surface area contributed by atoms with Crippen LogP contribution < -0.4 is 16.0 Å². The fourth-order valence-electron chi connectivity index (χ4n) is 1.92. The quantitative estimate of drug-likeness (QED) is 0.510. The van der Waals surface area contributed by atoms with Crippen molar-refractivity contribution in [3.05, 3.63) is 41.9 Å². The lowest BCUT2D eigenvalue weighted by molar-refractivity contribution is -0.137. The molecule has 0 aliphatic carbocycles. The Morgan fingerprint density at radius 2 is 2.09 bits per heavy atom. The number of aromatic nitrogens is 2. The molecule has 1 aromatic heterocycles. The molecule has 0 spiro atoms. The molecular weight excluding hydrogens is 313 g/mol. The van der Waals surface area contributed by atoms with Crippen LogP contribution in [0, 0.1) is 0 Å². The minimum atomic E-state index is -4.61. The molecule has 122 valence electrons. The number of nitrogens with zero attached hydrogens (tertiary/aromatic N) is 2. The Bertz CT molecular complexity index is 719. The lowest BCUT2D eigenvalue weighted by atomic mass is 10.0. The first-order valence-corrected chi connectivity index (χ1v) is 6.54. The monoisotopic (exact) mass is 326 g/mol. The molecule has 1 heterocycles. The van der Waals surface area contributed by atoms with Gasteiger partial charge in [0.2, 0.25) is 0 Å². The molecule has 0 saturated carbocycles. The van der Waals surface area contributed by atoms with Gasteiger partial charge in [-0.25, -0.2) is 10.8 Å². The maximum Gasteiger partial charge on any atom is 0.417 e. The van der Waals surface area contributed by atoms with Crippen LogP contribution in [-0.2, 0) is 6.18 Å². The highest BCUT2D eigenvalue weighted by Gasteiger charge is 2.34. The van der Waals surface area contributed by atoms with Gasteiger partial charge >= 0.3 is 6.18 Å². The third-order valence-electron chi connectivity index (χ3n) is 2.88. The van der Waals surface area contributed by atoms with Crippen molar-refractivity contribution in [2.45, 2.75) is 13.1 Å². The van der Waals surface area contributed by atoms with Crippen molar-refractivity contribution in [3.8, 4) is 17.0 Å². The van der Waals surface area contributed by atoms with Crippen molar-refractivity contribution in [1.29, 1.82) is 0 Å². The van der Waals surface area contributed by atoms with Gasteiger partial charge in [-0.1, -0.05) is 0 Å². The highest BCUT2D eigenvalue weighted by molar-refractivity contribution is 5.92. The van der Waals surface area contributed by atoms with E-state index < -0.39 is 17.6 Å². The number of benzene rings is 1. The number of nitrogens with one attached hydrogen (secondary N) is 1. The molecule has 3 N–H and O–H groups in total. The molecule has 0 saturated heterocycles. The number of rotatable bonds is 4. The van der Waals surface area contributed by atoms with E-state index in [9.17, 15) is 18.0 Å². The van der Waals surface area contributed by atoms with Crippen LogP contribution in [0.3, 0.4) is 0 Å². The summed E-state index contributed by atoms with van der Waals surface area (Å²) >= 11 is 0. The minimum absolute atomic E-state index is 0.0902. The van der Waals surface area contributed by atoms with Crippen LogP contribution >= 0.6 is 0 Å². The summed E-state index contributed by atoms with van der Waals surface area (Å²) in [6.07, 6.45) is -2.37. The molecule has 1 aromatic carbocycles. The van der Waals surface area contributed by atoms with Gasteiger partial charge in [-0.2, -0.15) is 13.2 Å². The number of hydrogen-bond donors (Lipinski definition) is 2. The van der Waals surface area contributed by atoms with Crippen LogP contribution in [0.1, 0.15) is 23.0 Å². The van der Waals surface area contributed by atoms with Crippen LogP contribution in [-0.4, -0.2) is 22.5 Å². The van der Waals surface area contributed by atoms with E-state index in [-0.39, 0.29) is 29.3 Å². The minimum Gasteiger partial charge on any atom is -0.494 e. The van der Waals surface area contributed by atoms with Gasteiger partial charge in [0.05, 0.1) is 30.3 Å². The summed E-state index contributed by atoms with van der Waals surface area (Å²) in [4.78, 5) is 19.0. The van der Waals surface area contributed by atoms with E-state index in [0.717, 1.165) is 18.5 Å². The number of hydrogen-bond acceptors (Lipinski definition) is 5. The van der Waals surface area contributed by atoms with Gasteiger partial charge in [0, 0.05) is 5.56 Å². The van der Waals surface area contributed by atoms with Gasteiger partial charge in [0.25, 0.3) is 5.91 Å². The van der Waals surface area contributed by atoms with Crippen molar-refractivity contribution < 1.29 is 22.7 Å². The highest BCUT2D eigenvalue weighted by Crippen LogP contribution is 2.38. The van der Waals surface area contributed by atoms with Crippen LogP contribution in [0.4, 0.5) is 13.2 Å². The van der Waals surface area contributed by atoms with E-state index in [1.807, 2.05) is 5.43 Å². The zero-order valence-corrected chi connectivity index (χ0v) is 12.0. The summed E-state index contributed by atoms with van der Waals surface area (Å²) in [5.41, 5.74) is 0.427. The Hall–Kier alpha value is -2.68. The number of alkyl halides is 3. The van der Waals surface area contributed by atoms with E-state index in [2.05, 4.69) is 9.97 Å². The Morgan fingerprint density at radius 1 is 1.35 bits per heavy atom. The maximum atomic E-state index is 13.3. The average Bonchev–Trinajstić information content (AvgIpc) is 2.53. The zero-order chi connectivity index (χ0) is 17.0. The average molecular weight is 326 g/mol. The molecule has 1 amide bonds. The predicted octanol–water partition coefficient (Wildman–Crippen LogP) is 2.16. The first kappa shape index (κ1) is 16.7. The molecule has 0 aliphatic heterocycles. The second-order valence-corrected chi connectivity index (χ2v) is 4.40. The third-order valence-corrected chi connectivity index (χ3v) is 2.88. The Morgan fingerprint density at radius 3 is 2.70 bits per heavy atom. The van der Waals surface area contributed by atoms with Crippen molar-refractivity contribution >= 4 is 5.91 Å². The molecule has 0 radical (unpaired) electrons. The molecule has 0 fully saturated rings. The SMILES string of the molecule is CCOc1ccc(-c2cncc(C(=O)NN)n2)c(C(F)(F)F)c1. The second-order valence-electron chi connectivity index (χ2n) is 4.40. The summed E-state index contributed by atoms with van der Waals surface area (Å²) in [7, 11) is 0. The number of nitrogens with two attached hydrogens (primary N) is 1. The lowest BCUT2D eigenvalue weighted by Gasteiger charge is -2.14. The Labute approximate surface area is 129 Å². The molecule has 9 heteroatoms. The van der Waals surface area contributed by atoms with Crippen LogP contribution in [0.5, 0.6) is 5.75 Å². The van der Waals surface area contributed by atoms with E-state index in [0.29, 0.717) is 0 Å². The molecule has 2 rings (SSSR count). The zero-order valence-electron chi connectivity index (χ0n) is 12.0. The topological polar surface area (TPSA) is 90.1 Å². The number of amides is 1. The molecule has 6 nitrogen and oxygen atoms in total. The van der Waals surface area contributed by atoms with Gasteiger partial charge in [-0.15, -0.1) is 0 Å². The second kappa shape index (κ2) is 6.61. The Kier molecular flexibility index (Phi) is 4.80. The number of nitrogen functional groups attached to an aromatic ring is 1. The van der Waals surface area contributed by atoms with Crippen molar-refractivity contribution in [2.24, 2.45) is 5.84 Å². The number of hydrazine groups is 1. The fourth-order valence-corrected chi connectivity index (χ4v) is 1.92. The molecule has 2 aromatic rings. The molecule has 0 atom stereocenters. The van der Waals surface area contributed by atoms with Crippen molar-refractivity contribution in [2.75, 3.05) is 6.61 Å². The Balaban J connectivity index is 2.56. The van der Waals surface area contributed by atoms with Gasteiger partial charge in [0.15, 0.2) is 0 Å². The van der Waals surface area contributed by atoms with Crippen molar-refractivity contribution in [3.63, 3.8) is 0 Å². The molecule has 0 bridgehead atoms. The fraction of sp³-hybridized carbons (Fsp3) is 0.214. The van der Waals surface area contributed by atoms with Crippen LogP contribution in [0.2, 0.25) is 0 Å². The van der Waals surface area contributed by atoms with Crippen molar-refractivity contribution in [1.82, 2.24) is 15.4 Å². The third kappa shape index (κ3) is 3.75. The summed E-state index contributed by atoms with van der Waals surface area (Å²) in [6.45, 7) is 1.91. The number of carbonyl (C=O) groups excluding carboxylic acids is 1. The molecule has 0 unspecified atom stereocenters. The molecular formula is C14H13F3N4O2. The normalized spacial score (nSPS) is 11.2. The molecule has 0 aliphatic rings. The van der Waals surface area contributed by atoms with E-state index in [4.69, 9.17) is 10.6 Å². The largest absolute Gasteiger partial charge is 0.494 e. The van der Waals surface area contributed by atoms with Gasteiger partial charge in [-0.3, -0.25) is 15.2 Å². The molecule has 23 heavy (non-hydrogen) atoms. The van der Waals surface area contributed by atoms with Gasteiger partial charge in [0.1, 0.15) is 11.4 Å². The van der Waals surface area contributed by atoms with E-state index in [1.54, 1.807) is 6.92 Å². The summed E-state index contributed by atoms with van der Waals surface area (Å²) < 4.78 is 44.9. The number of carbonyl (C=O) groups is 1. The standard InChI is InChI=1S/C14H13F3N4O2/c1-2-23-8-3-4-9(10(5-8)14(15,16)17)11-6-19-7-12(20-11)13(22)21-18/h3-7H,2,18H2,1H3,(H,21,22). The first-order valence-electron chi connectivity index (χ1n) is 6.54. The van der Waals surface area contributed by atoms with E-state index >= 15 is 0 Å². The van der Waals surface area contributed by atoms with Crippen LogP contribution in [0.15, 0.2) is 30.6 Å². The first-order chi connectivity index (χ1) is 10.9. The maximum absolute atomic E-state index is 13.3. The number of ether oxygens (including phenoxy) is 1.